The predicted octanol–water partition coefficient (Wildman–Crippen LogP) is 4.29. The number of hydrazone groups is 1. The first-order valence-corrected chi connectivity index (χ1v) is 12.1. The van der Waals surface area contributed by atoms with Gasteiger partial charge in [-0.3, -0.25) is 4.79 Å². The molecular formula is C22H18BrClFN3O4S. The summed E-state index contributed by atoms with van der Waals surface area (Å²) in [5.41, 5.74) is 2.66. The summed E-state index contributed by atoms with van der Waals surface area (Å²) in [5, 5.41) is 13.9. The molecule has 3 aromatic carbocycles. The topological polar surface area (TPSA) is 99.1 Å². The standard InChI is InChI=1S/C22H18BrClFN3O4S/c23-17-5-10-21(29)16(11-17)12-26-27-22(30)14-28(13-15-3-1-2-4-20(15)25)33(31,32)19-8-6-18(24)7-9-19/h1-12,29H,13-14H2,(H,27,30)/b26-12-. The fourth-order valence-electron chi connectivity index (χ4n) is 2.80. The Labute approximate surface area is 203 Å². The number of rotatable bonds is 8. The molecule has 0 spiro atoms. The minimum absolute atomic E-state index is 0.0531. The Balaban J connectivity index is 1.82. The van der Waals surface area contributed by atoms with Crippen LogP contribution < -0.4 is 5.43 Å². The maximum atomic E-state index is 14.2. The van der Waals surface area contributed by atoms with Crippen molar-refractivity contribution in [3.63, 3.8) is 0 Å². The Morgan fingerprint density at radius 2 is 1.85 bits per heavy atom. The minimum atomic E-state index is -4.17. The number of sulfonamides is 1. The number of halogens is 3. The van der Waals surface area contributed by atoms with Crippen molar-refractivity contribution in [2.45, 2.75) is 11.4 Å². The third-order valence-corrected chi connectivity index (χ3v) is 7.01. The van der Waals surface area contributed by atoms with E-state index in [1.807, 2.05) is 0 Å². The summed E-state index contributed by atoms with van der Waals surface area (Å²) in [5.74, 6) is -1.41. The van der Waals surface area contributed by atoms with E-state index in [0.717, 1.165) is 4.31 Å². The molecule has 0 bridgehead atoms. The number of nitrogens with one attached hydrogen (secondary N) is 1. The molecule has 0 aliphatic carbocycles. The van der Waals surface area contributed by atoms with E-state index in [0.29, 0.717) is 15.1 Å². The van der Waals surface area contributed by atoms with Crippen LogP contribution >= 0.6 is 27.5 Å². The molecule has 172 valence electrons. The van der Waals surface area contributed by atoms with Gasteiger partial charge in [0, 0.05) is 27.2 Å². The number of benzene rings is 3. The molecule has 0 radical (unpaired) electrons. The van der Waals surface area contributed by atoms with Gasteiger partial charge in [-0.25, -0.2) is 18.2 Å². The normalized spacial score (nSPS) is 11.8. The van der Waals surface area contributed by atoms with Gasteiger partial charge in [0.15, 0.2) is 0 Å². The largest absolute Gasteiger partial charge is 0.507 e. The van der Waals surface area contributed by atoms with E-state index in [-0.39, 0.29) is 22.8 Å². The van der Waals surface area contributed by atoms with Gasteiger partial charge in [0.05, 0.1) is 17.7 Å². The Bertz CT molecular complexity index is 1290. The second kappa shape index (κ2) is 10.9. The molecule has 0 atom stereocenters. The molecule has 0 unspecified atom stereocenters. The van der Waals surface area contributed by atoms with Crippen LogP contribution in [0.4, 0.5) is 4.39 Å². The van der Waals surface area contributed by atoms with Crippen molar-refractivity contribution in [3.8, 4) is 5.75 Å². The third kappa shape index (κ3) is 6.61. The lowest BCUT2D eigenvalue weighted by molar-refractivity contribution is -0.121. The lowest BCUT2D eigenvalue weighted by Gasteiger charge is -2.21. The zero-order valence-corrected chi connectivity index (χ0v) is 20.1. The summed E-state index contributed by atoms with van der Waals surface area (Å²) in [6.45, 7) is -0.998. The Hall–Kier alpha value is -2.79. The van der Waals surface area contributed by atoms with E-state index in [4.69, 9.17) is 11.6 Å². The number of hydrogen-bond acceptors (Lipinski definition) is 5. The van der Waals surface area contributed by atoms with Gasteiger partial charge >= 0.3 is 0 Å². The van der Waals surface area contributed by atoms with Gasteiger partial charge in [-0.2, -0.15) is 9.41 Å². The predicted molar refractivity (Wildman–Crippen MR) is 127 cm³/mol. The van der Waals surface area contributed by atoms with E-state index in [1.54, 1.807) is 18.2 Å². The number of carbonyl (C=O) groups excluding carboxylic acids is 1. The zero-order chi connectivity index (χ0) is 24.0. The monoisotopic (exact) mass is 553 g/mol. The van der Waals surface area contributed by atoms with Crippen molar-refractivity contribution in [1.82, 2.24) is 9.73 Å². The first-order chi connectivity index (χ1) is 15.7. The van der Waals surface area contributed by atoms with Crippen LogP contribution in [0.5, 0.6) is 5.75 Å². The van der Waals surface area contributed by atoms with Gasteiger partial charge in [0.2, 0.25) is 10.0 Å². The molecule has 0 aliphatic rings. The molecule has 33 heavy (non-hydrogen) atoms. The highest BCUT2D eigenvalue weighted by Gasteiger charge is 2.27. The number of hydrogen-bond donors (Lipinski definition) is 2. The number of nitrogens with zero attached hydrogens (tertiary/aromatic N) is 2. The van der Waals surface area contributed by atoms with Crippen LogP contribution in [-0.2, 0) is 21.4 Å². The first-order valence-electron chi connectivity index (χ1n) is 9.46. The molecule has 0 aromatic heterocycles. The summed E-state index contributed by atoms with van der Waals surface area (Å²) < 4.78 is 42.1. The summed E-state index contributed by atoms with van der Waals surface area (Å²) in [4.78, 5) is 12.4. The SMILES string of the molecule is O=C(CN(Cc1ccccc1F)S(=O)(=O)c1ccc(Cl)cc1)N/N=C\c1cc(Br)ccc1O. The van der Waals surface area contributed by atoms with E-state index in [9.17, 15) is 22.7 Å². The number of phenolic OH excluding ortho intramolecular Hbond substituents is 1. The van der Waals surface area contributed by atoms with Gasteiger partial charge < -0.3 is 5.11 Å². The molecule has 0 heterocycles. The maximum absolute atomic E-state index is 14.2. The highest BCUT2D eigenvalue weighted by molar-refractivity contribution is 9.10. The Kier molecular flexibility index (Phi) is 8.20. The first kappa shape index (κ1) is 24.8. The Morgan fingerprint density at radius 3 is 2.55 bits per heavy atom. The highest BCUT2D eigenvalue weighted by Crippen LogP contribution is 2.22. The van der Waals surface area contributed by atoms with E-state index < -0.39 is 28.3 Å². The smallest absolute Gasteiger partial charge is 0.255 e. The lowest BCUT2D eigenvalue weighted by Crippen LogP contribution is -2.39. The second-order valence-electron chi connectivity index (χ2n) is 6.81. The van der Waals surface area contributed by atoms with Gasteiger partial charge in [0.1, 0.15) is 11.6 Å². The molecule has 2 N–H and O–H groups in total. The van der Waals surface area contributed by atoms with Crippen LogP contribution in [-0.4, -0.2) is 36.5 Å². The number of carbonyl (C=O) groups is 1. The van der Waals surface area contributed by atoms with Crippen molar-refractivity contribution < 1.29 is 22.7 Å². The quantitative estimate of drug-likeness (QED) is 0.321. The number of aromatic hydroxyl groups is 1. The molecule has 0 aliphatic heterocycles. The van der Waals surface area contributed by atoms with Crippen LogP contribution in [0.1, 0.15) is 11.1 Å². The van der Waals surface area contributed by atoms with Crippen LogP contribution in [0.15, 0.2) is 81.2 Å². The molecule has 0 saturated heterocycles. The minimum Gasteiger partial charge on any atom is -0.507 e. The van der Waals surface area contributed by atoms with Crippen LogP contribution in [0.2, 0.25) is 5.02 Å². The summed E-state index contributed by atoms with van der Waals surface area (Å²) in [6, 6.07) is 15.8. The van der Waals surface area contributed by atoms with Gasteiger partial charge in [-0.15, -0.1) is 0 Å². The lowest BCUT2D eigenvalue weighted by atomic mass is 10.2. The fourth-order valence-corrected chi connectivity index (χ4v) is 4.68. The molecule has 1 amide bonds. The third-order valence-electron chi connectivity index (χ3n) is 4.46. The van der Waals surface area contributed by atoms with Gasteiger partial charge in [-0.05, 0) is 48.5 Å². The van der Waals surface area contributed by atoms with E-state index in [1.165, 1.54) is 54.7 Å². The fraction of sp³-hybridized carbons (Fsp3) is 0.0909. The summed E-state index contributed by atoms with van der Waals surface area (Å²) >= 11 is 9.11. The van der Waals surface area contributed by atoms with Crippen LogP contribution in [0, 0.1) is 5.82 Å². The molecule has 3 rings (SSSR count). The molecule has 0 fully saturated rings. The van der Waals surface area contributed by atoms with Gasteiger partial charge in [0.25, 0.3) is 5.91 Å². The average Bonchev–Trinajstić information content (AvgIpc) is 2.77. The maximum Gasteiger partial charge on any atom is 0.255 e. The number of phenols is 1. The van der Waals surface area contributed by atoms with Crippen molar-refractivity contribution in [2.24, 2.45) is 5.10 Å². The van der Waals surface area contributed by atoms with Crippen molar-refractivity contribution in [1.29, 1.82) is 0 Å². The van der Waals surface area contributed by atoms with E-state index in [2.05, 4.69) is 26.5 Å². The molecule has 3 aromatic rings. The van der Waals surface area contributed by atoms with Crippen LogP contribution in [0.25, 0.3) is 0 Å². The second-order valence-corrected chi connectivity index (χ2v) is 10.1. The summed E-state index contributed by atoms with van der Waals surface area (Å²) in [7, 11) is -4.17. The van der Waals surface area contributed by atoms with Crippen molar-refractivity contribution >= 4 is 49.7 Å². The Morgan fingerprint density at radius 1 is 1.15 bits per heavy atom. The molecule has 11 heteroatoms. The molecule has 0 saturated carbocycles. The number of amides is 1. The van der Waals surface area contributed by atoms with E-state index >= 15 is 0 Å². The van der Waals surface area contributed by atoms with Crippen LogP contribution in [0.3, 0.4) is 0 Å². The molecular weight excluding hydrogens is 537 g/mol. The van der Waals surface area contributed by atoms with Crippen molar-refractivity contribution in [3.05, 3.63) is 93.2 Å². The molecule has 7 nitrogen and oxygen atoms in total. The van der Waals surface area contributed by atoms with Crippen molar-refractivity contribution in [2.75, 3.05) is 6.54 Å². The highest BCUT2D eigenvalue weighted by atomic mass is 79.9. The van der Waals surface area contributed by atoms with Gasteiger partial charge in [-0.1, -0.05) is 45.7 Å². The summed E-state index contributed by atoms with van der Waals surface area (Å²) in [6.07, 6.45) is 1.22. The zero-order valence-electron chi connectivity index (χ0n) is 17.0. The average molecular weight is 555 g/mol.